The summed E-state index contributed by atoms with van der Waals surface area (Å²) in [4.78, 5) is 0. The van der Waals surface area contributed by atoms with Gasteiger partial charge in [-0.15, -0.1) is 0 Å². The second kappa shape index (κ2) is 13.3. The first-order chi connectivity index (χ1) is 4.41. The first-order valence-electron chi connectivity index (χ1n) is 3.49. The standard InChI is InChI=1S/C7H16S2.Na/c1-9-7-5-3-2-4-6-8;/h8H,2-7H2,1H3;/q;+1/p-1. The molecule has 0 fully saturated rings. The molecule has 0 aromatic rings. The van der Waals surface area contributed by atoms with Gasteiger partial charge >= 0.3 is 29.6 Å². The van der Waals surface area contributed by atoms with Crippen molar-refractivity contribution in [1.29, 1.82) is 0 Å². The van der Waals surface area contributed by atoms with Crippen LogP contribution in [-0.2, 0) is 12.6 Å². The van der Waals surface area contributed by atoms with Gasteiger partial charge in [0.15, 0.2) is 0 Å². The Hall–Kier alpha value is 1.70. The fourth-order valence-corrected chi connectivity index (χ4v) is 1.40. The molecule has 3 heteroatoms. The fourth-order valence-electron chi connectivity index (χ4n) is 0.702. The van der Waals surface area contributed by atoms with Crippen LogP contribution in [-0.4, -0.2) is 17.8 Å². The maximum atomic E-state index is 4.82. The topological polar surface area (TPSA) is 0 Å². The number of unbranched alkanes of at least 4 members (excludes halogenated alkanes) is 3. The van der Waals surface area contributed by atoms with Crippen molar-refractivity contribution in [2.45, 2.75) is 25.7 Å². The van der Waals surface area contributed by atoms with E-state index in [1.165, 1.54) is 31.4 Å². The minimum atomic E-state index is 0. The van der Waals surface area contributed by atoms with E-state index in [2.05, 4.69) is 6.26 Å². The molecule has 0 aliphatic rings. The molecule has 0 aromatic carbocycles. The van der Waals surface area contributed by atoms with E-state index in [4.69, 9.17) is 12.6 Å². The second-order valence-electron chi connectivity index (χ2n) is 2.11. The monoisotopic (exact) mass is 186 g/mol. The minimum absolute atomic E-state index is 0. The average molecular weight is 186 g/mol. The fraction of sp³-hybridized carbons (Fsp3) is 1.00. The van der Waals surface area contributed by atoms with Gasteiger partial charge in [-0.2, -0.15) is 17.5 Å². The van der Waals surface area contributed by atoms with Gasteiger partial charge in [-0.3, -0.25) is 0 Å². The van der Waals surface area contributed by atoms with Crippen LogP contribution in [0, 0.1) is 0 Å². The molecule has 0 bridgehead atoms. The Labute approximate surface area is 96.6 Å². The largest absolute Gasteiger partial charge is 1.00 e. The summed E-state index contributed by atoms with van der Waals surface area (Å²) >= 11 is 6.76. The Bertz CT molecular complexity index is 44.9. The van der Waals surface area contributed by atoms with Crippen LogP contribution in [0.4, 0.5) is 0 Å². The molecule has 0 spiro atoms. The number of rotatable bonds is 6. The summed E-state index contributed by atoms with van der Waals surface area (Å²) in [5.74, 6) is 2.26. The molecule has 0 heterocycles. The van der Waals surface area contributed by atoms with Gasteiger partial charge in [0.05, 0.1) is 0 Å². The van der Waals surface area contributed by atoms with Crippen molar-refractivity contribution in [3.63, 3.8) is 0 Å². The summed E-state index contributed by atoms with van der Waals surface area (Å²) < 4.78 is 0. The molecule has 0 saturated carbocycles. The Balaban J connectivity index is 0. The smallest absolute Gasteiger partial charge is 0.793 e. The van der Waals surface area contributed by atoms with Crippen molar-refractivity contribution in [1.82, 2.24) is 0 Å². The van der Waals surface area contributed by atoms with E-state index in [0.717, 1.165) is 5.75 Å². The average Bonchev–Trinajstić information content (AvgIpc) is 1.89. The molecule has 0 aliphatic carbocycles. The molecule has 10 heavy (non-hydrogen) atoms. The van der Waals surface area contributed by atoms with Gasteiger partial charge in [-0.1, -0.05) is 19.3 Å². The maximum Gasteiger partial charge on any atom is 1.00 e. The molecule has 0 atom stereocenters. The molecule has 0 aliphatic heterocycles. The molecular formula is C7H15NaS2. The summed E-state index contributed by atoms with van der Waals surface area (Å²) in [6.07, 6.45) is 7.48. The number of hydrogen-bond donors (Lipinski definition) is 0. The molecule has 0 unspecified atom stereocenters. The zero-order valence-corrected chi connectivity index (χ0v) is 10.7. The van der Waals surface area contributed by atoms with Crippen LogP contribution in [0.2, 0.25) is 0 Å². The summed E-state index contributed by atoms with van der Waals surface area (Å²) in [6, 6.07) is 0. The van der Waals surface area contributed by atoms with Gasteiger partial charge in [-0.05, 0) is 18.4 Å². The Morgan fingerprint density at radius 3 is 2.20 bits per heavy atom. The van der Waals surface area contributed by atoms with Gasteiger partial charge in [0.25, 0.3) is 0 Å². The van der Waals surface area contributed by atoms with Crippen LogP contribution in [0.5, 0.6) is 0 Å². The van der Waals surface area contributed by atoms with Gasteiger partial charge in [0, 0.05) is 0 Å². The molecule has 56 valence electrons. The Morgan fingerprint density at radius 2 is 1.70 bits per heavy atom. The van der Waals surface area contributed by atoms with E-state index in [9.17, 15) is 0 Å². The maximum absolute atomic E-state index is 4.82. The van der Waals surface area contributed by atoms with Crippen molar-refractivity contribution < 1.29 is 29.6 Å². The van der Waals surface area contributed by atoms with Crippen molar-refractivity contribution in [2.75, 3.05) is 17.8 Å². The Kier molecular flexibility index (Phi) is 18.9. The molecule has 0 saturated heterocycles. The summed E-state index contributed by atoms with van der Waals surface area (Å²) in [5.41, 5.74) is 0. The normalized spacial score (nSPS) is 9.00. The summed E-state index contributed by atoms with van der Waals surface area (Å²) in [7, 11) is 0. The quantitative estimate of drug-likeness (QED) is 0.310. The van der Waals surface area contributed by atoms with E-state index >= 15 is 0 Å². The first-order valence-corrected chi connectivity index (χ1v) is 5.46. The van der Waals surface area contributed by atoms with E-state index in [-0.39, 0.29) is 29.6 Å². The molecule has 0 nitrogen and oxygen atoms in total. The molecular weight excluding hydrogens is 171 g/mol. The summed E-state index contributed by atoms with van der Waals surface area (Å²) in [5, 5.41) is 0. The van der Waals surface area contributed by atoms with Crippen molar-refractivity contribution in [3.05, 3.63) is 0 Å². The van der Waals surface area contributed by atoms with Crippen LogP contribution in [0.3, 0.4) is 0 Å². The molecule has 0 N–H and O–H groups in total. The molecule has 0 amide bonds. The second-order valence-corrected chi connectivity index (χ2v) is 3.50. The third kappa shape index (κ3) is 12.4. The van der Waals surface area contributed by atoms with Crippen molar-refractivity contribution in [3.8, 4) is 0 Å². The van der Waals surface area contributed by atoms with Crippen molar-refractivity contribution >= 4 is 24.4 Å². The van der Waals surface area contributed by atoms with Crippen molar-refractivity contribution in [2.24, 2.45) is 0 Å². The Morgan fingerprint density at radius 1 is 1.10 bits per heavy atom. The number of thioether (sulfide) groups is 1. The zero-order valence-electron chi connectivity index (χ0n) is 7.06. The zero-order chi connectivity index (χ0) is 6.95. The third-order valence-corrected chi connectivity index (χ3v) is 2.23. The predicted octanol–water partition coefficient (Wildman–Crippen LogP) is -0.539. The van der Waals surface area contributed by atoms with Crippen LogP contribution in [0.25, 0.3) is 0 Å². The van der Waals surface area contributed by atoms with Crippen LogP contribution in [0.1, 0.15) is 25.7 Å². The van der Waals surface area contributed by atoms with Crippen LogP contribution < -0.4 is 29.6 Å². The SMILES string of the molecule is CSCCCCCC[S-].[Na+]. The molecule has 0 rings (SSSR count). The molecule has 0 aromatic heterocycles. The third-order valence-electron chi connectivity index (χ3n) is 1.24. The number of hydrogen-bond acceptors (Lipinski definition) is 2. The van der Waals surface area contributed by atoms with E-state index in [0.29, 0.717) is 0 Å². The van der Waals surface area contributed by atoms with Gasteiger partial charge in [-0.25, -0.2) is 0 Å². The summed E-state index contributed by atoms with van der Waals surface area (Å²) in [6.45, 7) is 0. The van der Waals surface area contributed by atoms with Crippen LogP contribution >= 0.6 is 11.8 Å². The van der Waals surface area contributed by atoms with E-state index in [1.54, 1.807) is 0 Å². The first kappa shape index (κ1) is 14.2. The molecule has 0 radical (unpaired) electrons. The van der Waals surface area contributed by atoms with E-state index in [1.807, 2.05) is 11.8 Å². The van der Waals surface area contributed by atoms with Gasteiger partial charge in [0.2, 0.25) is 0 Å². The van der Waals surface area contributed by atoms with Crippen LogP contribution in [0.15, 0.2) is 0 Å². The predicted molar refractivity (Wildman–Crippen MR) is 49.1 cm³/mol. The van der Waals surface area contributed by atoms with Gasteiger partial charge in [0.1, 0.15) is 0 Å². The van der Waals surface area contributed by atoms with E-state index < -0.39 is 0 Å². The minimum Gasteiger partial charge on any atom is -0.793 e. The van der Waals surface area contributed by atoms with Gasteiger partial charge < -0.3 is 12.6 Å².